The summed E-state index contributed by atoms with van der Waals surface area (Å²) >= 11 is 1.10. The number of hydrogen-bond acceptors (Lipinski definition) is 4. The Morgan fingerprint density at radius 1 is 1.07 bits per heavy atom. The number of thioether (sulfide) groups is 1. The average Bonchev–Trinajstić information content (AvgIpc) is 3.17. The fourth-order valence-corrected chi connectivity index (χ4v) is 3.65. The van der Waals surface area contributed by atoms with Crippen molar-refractivity contribution in [1.82, 2.24) is 0 Å². The van der Waals surface area contributed by atoms with Crippen LogP contribution in [0.15, 0.2) is 41.3 Å². The SMILES string of the molecule is NC(=O)c1ccc(N2CCCC2)c(NC(=O)CSc2ccc(F)c(F)c2)c1. The number of rotatable bonds is 6. The van der Waals surface area contributed by atoms with Gasteiger partial charge in [-0.25, -0.2) is 8.78 Å². The fraction of sp³-hybridized carbons (Fsp3) is 0.263. The van der Waals surface area contributed by atoms with Gasteiger partial charge in [0, 0.05) is 23.5 Å². The summed E-state index contributed by atoms with van der Waals surface area (Å²) < 4.78 is 26.2. The van der Waals surface area contributed by atoms with Crippen LogP contribution in [-0.2, 0) is 4.79 Å². The van der Waals surface area contributed by atoms with Gasteiger partial charge in [0.15, 0.2) is 11.6 Å². The fourth-order valence-electron chi connectivity index (χ4n) is 2.93. The molecule has 3 N–H and O–H groups in total. The van der Waals surface area contributed by atoms with Gasteiger partial charge < -0.3 is 16.0 Å². The maximum Gasteiger partial charge on any atom is 0.248 e. The van der Waals surface area contributed by atoms with Crippen LogP contribution in [-0.4, -0.2) is 30.7 Å². The highest BCUT2D eigenvalue weighted by Crippen LogP contribution is 2.30. The normalized spacial score (nSPS) is 13.6. The monoisotopic (exact) mass is 391 g/mol. The van der Waals surface area contributed by atoms with E-state index in [0.29, 0.717) is 16.1 Å². The summed E-state index contributed by atoms with van der Waals surface area (Å²) in [7, 11) is 0. The van der Waals surface area contributed by atoms with Gasteiger partial charge in [-0.3, -0.25) is 9.59 Å². The molecule has 2 aromatic rings. The summed E-state index contributed by atoms with van der Waals surface area (Å²) in [6.07, 6.45) is 2.13. The minimum Gasteiger partial charge on any atom is -0.370 e. The molecule has 1 aliphatic rings. The van der Waals surface area contributed by atoms with Gasteiger partial charge in [-0.15, -0.1) is 11.8 Å². The molecule has 0 saturated carbocycles. The van der Waals surface area contributed by atoms with Gasteiger partial charge in [0.05, 0.1) is 17.1 Å². The molecule has 0 bridgehead atoms. The molecule has 2 amide bonds. The lowest BCUT2D eigenvalue weighted by atomic mass is 10.1. The number of amides is 2. The zero-order chi connectivity index (χ0) is 19.4. The standard InChI is InChI=1S/C19H19F2N3O2S/c20-14-5-4-13(10-15(14)21)27-11-18(25)23-16-9-12(19(22)26)3-6-17(16)24-7-1-2-8-24/h3-6,9-10H,1-2,7-8,11H2,(H2,22,26)(H,23,25). The molecule has 0 aromatic heterocycles. The third kappa shape index (κ3) is 4.77. The van der Waals surface area contributed by atoms with E-state index in [9.17, 15) is 18.4 Å². The summed E-state index contributed by atoms with van der Waals surface area (Å²) in [5.74, 6) is -2.75. The maximum absolute atomic E-state index is 13.3. The van der Waals surface area contributed by atoms with E-state index in [1.54, 1.807) is 18.2 Å². The molecule has 3 rings (SSSR count). The van der Waals surface area contributed by atoms with Crippen molar-refractivity contribution in [2.45, 2.75) is 17.7 Å². The average molecular weight is 391 g/mol. The summed E-state index contributed by atoms with van der Waals surface area (Å²) in [6.45, 7) is 1.75. The number of benzene rings is 2. The molecule has 2 aromatic carbocycles. The van der Waals surface area contributed by atoms with Crippen LogP contribution in [0.5, 0.6) is 0 Å². The summed E-state index contributed by atoms with van der Waals surface area (Å²) in [5.41, 5.74) is 7.00. The van der Waals surface area contributed by atoms with E-state index in [4.69, 9.17) is 5.73 Å². The zero-order valence-corrected chi connectivity index (χ0v) is 15.3. The van der Waals surface area contributed by atoms with Crippen molar-refractivity contribution in [3.63, 3.8) is 0 Å². The number of anilines is 2. The first-order chi connectivity index (χ1) is 12.9. The molecule has 1 fully saturated rings. The Morgan fingerprint density at radius 3 is 2.48 bits per heavy atom. The van der Waals surface area contributed by atoms with Crippen LogP contribution in [0.1, 0.15) is 23.2 Å². The van der Waals surface area contributed by atoms with Crippen LogP contribution in [0.3, 0.4) is 0 Å². The predicted molar refractivity (Wildman–Crippen MR) is 102 cm³/mol. The quantitative estimate of drug-likeness (QED) is 0.740. The van der Waals surface area contributed by atoms with Crippen molar-refractivity contribution in [3.05, 3.63) is 53.6 Å². The van der Waals surface area contributed by atoms with E-state index in [2.05, 4.69) is 10.2 Å². The molecule has 1 saturated heterocycles. The lowest BCUT2D eigenvalue weighted by molar-refractivity contribution is -0.113. The Morgan fingerprint density at radius 2 is 1.81 bits per heavy atom. The van der Waals surface area contributed by atoms with Gasteiger partial charge in [-0.1, -0.05) is 0 Å². The van der Waals surface area contributed by atoms with Crippen molar-refractivity contribution in [2.75, 3.05) is 29.1 Å². The molecule has 1 aliphatic heterocycles. The summed E-state index contributed by atoms with van der Waals surface area (Å²) in [4.78, 5) is 26.4. The number of primary amides is 1. The number of carbonyl (C=O) groups is 2. The van der Waals surface area contributed by atoms with E-state index >= 15 is 0 Å². The molecule has 0 radical (unpaired) electrons. The second-order valence-corrected chi connectivity index (χ2v) is 7.25. The van der Waals surface area contributed by atoms with Gasteiger partial charge in [-0.2, -0.15) is 0 Å². The summed E-state index contributed by atoms with van der Waals surface area (Å²) in [5, 5.41) is 2.80. The molecule has 5 nitrogen and oxygen atoms in total. The van der Waals surface area contributed by atoms with Gasteiger partial charge in [-0.05, 0) is 49.2 Å². The molecule has 27 heavy (non-hydrogen) atoms. The number of hydrogen-bond donors (Lipinski definition) is 2. The minimum atomic E-state index is -0.953. The van der Waals surface area contributed by atoms with E-state index < -0.39 is 17.5 Å². The molecule has 1 heterocycles. The van der Waals surface area contributed by atoms with Crippen LogP contribution in [0.4, 0.5) is 20.2 Å². The van der Waals surface area contributed by atoms with Crippen LogP contribution >= 0.6 is 11.8 Å². The highest BCUT2D eigenvalue weighted by Gasteiger charge is 2.18. The van der Waals surface area contributed by atoms with Crippen molar-refractivity contribution in [3.8, 4) is 0 Å². The highest BCUT2D eigenvalue weighted by atomic mass is 32.2. The number of nitrogens with zero attached hydrogens (tertiary/aromatic N) is 1. The molecular weight excluding hydrogens is 372 g/mol. The van der Waals surface area contributed by atoms with E-state index in [-0.39, 0.29) is 11.7 Å². The lowest BCUT2D eigenvalue weighted by Gasteiger charge is -2.22. The molecule has 0 unspecified atom stereocenters. The first-order valence-electron chi connectivity index (χ1n) is 8.50. The molecule has 8 heteroatoms. The largest absolute Gasteiger partial charge is 0.370 e. The molecule has 0 atom stereocenters. The Balaban J connectivity index is 1.72. The molecule has 142 valence electrons. The second kappa shape index (κ2) is 8.39. The third-order valence-electron chi connectivity index (χ3n) is 4.26. The van der Waals surface area contributed by atoms with Crippen molar-refractivity contribution in [2.24, 2.45) is 5.73 Å². The molecule has 0 aliphatic carbocycles. The third-order valence-corrected chi connectivity index (χ3v) is 5.26. The second-order valence-electron chi connectivity index (χ2n) is 6.20. The van der Waals surface area contributed by atoms with E-state index in [0.717, 1.165) is 55.5 Å². The maximum atomic E-state index is 13.3. The number of halogens is 2. The van der Waals surface area contributed by atoms with Gasteiger partial charge >= 0.3 is 0 Å². The van der Waals surface area contributed by atoms with E-state index in [1.165, 1.54) is 6.07 Å². The van der Waals surface area contributed by atoms with Crippen LogP contribution in [0, 0.1) is 11.6 Å². The number of nitrogens with one attached hydrogen (secondary N) is 1. The minimum absolute atomic E-state index is 0.0192. The van der Waals surface area contributed by atoms with Crippen molar-refractivity contribution in [1.29, 1.82) is 0 Å². The molecular formula is C19H19F2N3O2S. The van der Waals surface area contributed by atoms with E-state index in [1.807, 2.05) is 0 Å². The van der Waals surface area contributed by atoms with Crippen LogP contribution in [0.25, 0.3) is 0 Å². The van der Waals surface area contributed by atoms with Gasteiger partial charge in [0.1, 0.15) is 0 Å². The van der Waals surface area contributed by atoms with Crippen LogP contribution < -0.4 is 16.0 Å². The summed E-state index contributed by atoms with van der Waals surface area (Å²) in [6, 6.07) is 8.48. The van der Waals surface area contributed by atoms with Gasteiger partial charge in [0.25, 0.3) is 0 Å². The Kier molecular flexibility index (Phi) is 5.95. The lowest BCUT2D eigenvalue weighted by Crippen LogP contribution is -2.22. The van der Waals surface area contributed by atoms with Crippen molar-refractivity contribution >= 4 is 35.0 Å². The first kappa shape index (κ1) is 19.2. The Bertz CT molecular complexity index is 870. The molecule has 0 spiro atoms. The number of carbonyl (C=O) groups excluding carboxylic acids is 2. The van der Waals surface area contributed by atoms with Crippen molar-refractivity contribution < 1.29 is 18.4 Å². The topological polar surface area (TPSA) is 75.4 Å². The Hall–Kier alpha value is -2.61. The Labute approximate surface area is 159 Å². The number of nitrogens with two attached hydrogens (primary N) is 1. The first-order valence-corrected chi connectivity index (χ1v) is 9.49. The highest BCUT2D eigenvalue weighted by molar-refractivity contribution is 8.00. The predicted octanol–water partition coefficient (Wildman–Crippen LogP) is 3.39. The van der Waals surface area contributed by atoms with Gasteiger partial charge in [0.2, 0.25) is 11.8 Å². The smallest absolute Gasteiger partial charge is 0.248 e. The van der Waals surface area contributed by atoms with Crippen LogP contribution in [0.2, 0.25) is 0 Å². The zero-order valence-electron chi connectivity index (χ0n) is 14.5.